The number of carboxylic acids is 1. The Bertz CT molecular complexity index is 500. The molecule has 2 rings (SSSR count). The molecule has 0 saturated carbocycles. The van der Waals surface area contributed by atoms with Crippen LogP contribution < -0.4 is 0 Å². The Morgan fingerprint density at radius 2 is 1.95 bits per heavy atom. The number of likely N-dealkylation sites (tertiary alicyclic amines) is 1. The fraction of sp³-hybridized carbons (Fsp3) is 0.467. The summed E-state index contributed by atoms with van der Waals surface area (Å²) >= 11 is 0. The van der Waals surface area contributed by atoms with Gasteiger partial charge >= 0.3 is 5.97 Å². The lowest BCUT2D eigenvalue weighted by Gasteiger charge is -2.15. The van der Waals surface area contributed by atoms with Crippen molar-refractivity contribution in [3.8, 4) is 0 Å². The normalized spacial score (nSPS) is 22.0. The third-order valence-corrected chi connectivity index (χ3v) is 3.82. The molecule has 1 N–H and O–H groups in total. The van der Waals surface area contributed by atoms with Crippen molar-refractivity contribution < 1.29 is 19.1 Å². The summed E-state index contributed by atoms with van der Waals surface area (Å²) < 4.78 is 12.8. The van der Waals surface area contributed by atoms with Gasteiger partial charge in [0.15, 0.2) is 0 Å². The second-order valence-electron chi connectivity index (χ2n) is 5.35. The van der Waals surface area contributed by atoms with E-state index in [-0.39, 0.29) is 17.6 Å². The molecule has 1 aromatic rings. The minimum atomic E-state index is -0.841. The van der Waals surface area contributed by atoms with Crippen molar-refractivity contribution in [2.75, 3.05) is 13.1 Å². The van der Waals surface area contributed by atoms with Crippen LogP contribution in [0.15, 0.2) is 24.3 Å². The molecule has 1 aliphatic heterocycles. The number of amides is 1. The van der Waals surface area contributed by atoms with Crippen LogP contribution >= 0.6 is 0 Å². The molecule has 0 aromatic heterocycles. The van der Waals surface area contributed by atoms with E-state index in [1.54, 1.807) is 17.0 Å². The molecule has 0 bridgehead atoms. The number of hydrogen-bond acceptors (Lipinski definition) is 2. The molecule has 1 fully saturated rings. The van der Waals surface area contributed by atoms with Crippen LogP contribution in [-0.4, -0.2) is 35.0 Å². The Kier molecular flexibility index (Phi) is 4.37. The quantitative estimate of drug-likeness (QED) is 0.916. The number of hydrogen-bond donors (Lipinski definition) is 1. The third kappa shape index (κ3) is 3.35. The zero-order valence-corrected chi connectivity index (χ0v) is 11.4. The fourth-order valence-corrected chi connectivity index (χ4v) is 2.55. The lowest BCUT2D eigenvalue weighted by atomic mass is 9.99. The first-order valence-electron chi connectivity index (χ1n) is 6.72. The number of benzene rings is 1. The van der Waals surface area contributed by atoms with Crippen LogP contribution in [0.2, 0.25) is 0 Å². The van der Waals surface area contributed by atoms with E-state index in [0.717, 1.165) is 5.56 Å². The Balaban J connectivity index is 1.87. The van der Waals surface area contributed by atoms with Crippen molar-refractivity contribution in [3.63, 3.8) is 0 Å². The van der Waals surface area contributed by atoms with Gasteiger partial charge in [0.1, 0.15) is 5.82 Å². The van der Waals surface area contributed by atoms with Gasteiger partial charge in [-0.05, 0) is 30.0 Å². The highest BCUT2D eigenvalue weighted by Crippen LogP contribution is 2.24. The van der Waals surface area contributed by atoms with E-state index in [1.165, 1.54) is 12.1 Å². The summed E-state index contributed by atoms with van der Waals surface area (Å²) in [5.41, 5.74) is 0.904. The number of carboxylic acid groups (broad SMARTS) is 1. The first-order valence-corrected chi connectivity index (χ1v) is 6.72. The predicted octanol–water partition coefficient (Wildman–Crippen LogP) is 1.94. The van der Waals surface area contributed by atoms with Gasteiger partial charge in [-0.25, -0.2) is 4.39 Å². The van der Waals surface area contributed by atoms with Gasteiger partial charge in [0.05, 0.1) is 5.92 Å². The van der Waals surface area contributed by atoms with Gasteiger partial charge in [-0.2, -0.15) is 0 Å². The largest absolute Gasteiger partial charge is 0.481 e. The van der Waals surface area contributed by atoms with Gasteiger partial charge in [-0.1, -0.05) is 19.1 Å². The molecule has 5 heteroatoms. The van der Waals surface area contributed by atoms with Crippen molar-refractivity contribution in [2.45, 2.75) is 19.8 Å². The maximum Gasteiger partial charge on any atom is 0.308 e. The van der Waals surface area contributed by atoms with Crippen molar-refractivity contribution >= 4 is 11.9 Å². The molecular weight excluding hydrogens is 261 g/mol. The number of rotatable bonds is 4. The van der Waals surface area contributed by atoms with E-state index in [9.17, 15) is 14.0 Å². The number of halogens is 1. The standard InChI is InChI=1S/C15H18FNO3/c1-10-8-17(9-13(10)15(19)20)14(18)7-4-11-2-5-12(16)6-3-11/h2-3,5-6,10,13H,4,7-9H2,1H3,(H,19,20). The summed E-state index contributed by atoms with van der Waals surface area (Å²) in [6, 6.07) is 6.07. The van der Waals surface area contributed by atoms with Crippen LogP contribution in [0.25, 0.3) is 0 Å². The molecule has 2 atom stereocenters. The van der Waals surface area contributed by atoms with Gasteiger partial charge in [0.25, 0.3) is 0 Å². The van der Waals surface area contributed by atoms with Crippen LogP contribution in [0, 0.1) is 17.7 Å². The minimum absolute atomic E-state index is 0.0118. The number of carbonyl (C=O) groups excluding carboxylic acids is 1. The van der Waals surface area contributed by atoms with Gasteiger partial charge < -0.3 is 10.0 Å². The van der Waals surface area contributed by atoms with Crippen LogP contribution in [0.3, 0.4) is 0 Å². The summed E-state index contributed by atoms with van der Waals surface area (Å²) in [7, 11) is 0. The molecule has 0 spiro atoms. The molecular formula is C15H18FNO3. The summed E-state index contributed by atoms with van der Waals surface area (Å²) in [6.07, 6.45) is 0.867. The lowest BCUT2D eigenvalue weighted by Crippen LogP contribution is -2.30. The monoisotopic (exact) mass is 279 g/mol. The lowest BCUT2D eigenvalue weighted by molar-refractivity contribution is -0.142. The second kappa shape index (κ2) is 6.03. The van der Waals surface area contributed by atoms with Crippen molar-refractivity contribution in [1.82, 2.24) is 4.90 Å². The van der Waals surface area contributed by atoms with Crippen LogP contribution in [0.5, 0.6) is 0 Å². The summed E-state index contributed by atoms with van der Waals surface area (Å²) in [4.78, 5) is 24.7. The average molecular weight is 279 g/mol. The van der Waals surface area contributed by atoms with Crippen LogP contribution in [0.4, 0.5) is 4.39 Å². The summed E-state index contributed by atoms with van der Waals surface area (Å²) in [6.45, 7) is 2.64. The Morgan fingerprint density at radius 3 is 2.50 bits per heavy atom. The van der Waals surface area contributed by atoms with E-state index in [1.807, 2.05) is 6.92 Å². The number of nitrogens with zero attached hydrogens (tertiary/aromatic N) is 1. The molecule has 1 amide bonds. The number of carbonyl (C=O) groups is 2. The molecule has 0 aliphatic carbocycles. The molecule has 1 aromatic carbocycles. The highest BCUT2D eigenvalue weighted by atomic mass is 19.1. The molecule has 0 radical (unpaired) electrons. The van der Waals surface area contributed by atoms with E-state index < -0.39 is 11.9 Å². The minimum Gasteiger partial charge on any atom is -0.481 e. The average Bonchev–Trinajstić information content (AvgIpc) is 2.80. The van der Waals surface area contributed by atoms with Crippen LogP contribution in [0.1, 0.15) is 18.9 Å². The zero-order chi connectivity index (χ0) is 14.7. The first kappa shape index (κ1) is 14.5. The molecule has 1 aliphatic rings. The summed E-state index contributed by atoms with van der Waals surface area (Å²) in [5, 5.41) is 9.04. The second-order valence-corrected chi connectivity index (χ2v) is 5.35. The maximum absolute atomic E-state index is 12.8. The van der Waals surface area contributed by atoms with E-state index in [2.05, 4.69) is 0 Å². The van der Waals surface area contributed by atoms with Crippen molar-refractivity contribution in [2.24, 2.45) is 11.8 Å². The number of aliphatic carboxylic acids is 1. The van der Waals surface area contributed by atoms with Crippen LogP contribution in [-0.2, 0) is 16.0 Å². The SMILES string of the molecule is CC1CN(C(=O)CCc2ccc(F)cc2)CC1C(=O)O. The molecule has 108 valence electrons. The van der Waals surface area contributed by atoms with E-state index >= 15 is 0 Å². The Hall–Kier alpha value is -1.91. The molecule has 2 unspecified atom stereocenters. The maximum atomic E-state index is 12.8. The molecule has 1 heterocycles. The smallest absolute Gasteiger partial charge is 0.308 e. The van der Waals surface area contributed by atoms with Gasteiger partial charge in [-0.15, -0.1) is 0 Å². The third-order valence-electron chi connectivity index (χ3n) is 3.82. The predicted molar refractivity (Wildman–Crippen MR) is 71.6 cm³/mol. The Labute approximate surface area is 117 Å². The van der Waals surface area contributed by atoms with Gasteiger partial charge in [0, 0.05) is 19.5 Å². The van der Waals surface area contributed by atoms with Gasteiger partial charge in [-0.3, -0.25) is 9.59 Å². The highest BCUT2D eigenvalue weighted by molar-refractivity contribution is 5.79. The first-order chi connectivity index (χ1) is 9.47. The molecule has 4 nitrogen and oxygen atoms in total. The summed E-state index contributed by atoms with van der Waals surface area (Å²) in [5.74, 6) is -1.65. The topological polar surface area (TPSA) is 57.6 Å². The highest BCUT2D eigenvalue weighted by Gasteiger charge is 2.36. The van der Waals surface area contributed by atoms with Gasteiger partial charge in [0.2, 0.25) is 5.91 Å². The van der Waals surface area contributed by atoms with E-state index in [0.29, 0.717) is 25.9 Å². The zero-order valence-electron chi connectivity index (χ0n) is 11.4. The van der Waals surface area contributed by atoms with Crippen molar-refractivity contribution in [1.29, 1.82) is 0 Å². The Morgan fingerprint density at radius 1 is 1.30 bits per heavy atom. The molecule has 1 saturated heterocycles. The molecule has 20 heavy (non-hydrogen) atoms. The van der Waals surface area contributed by atoms with E-state index in [4.69, 9.17) is 5.11 Å². The fourth-order valence-electron chi connectivity index (χ4n) is 2.55. The number of aryl methyl sites for hydroxylation is 1. The van der Waals surface area contributed by atoms with Crippen molar-refractivity contribution in [3.05, 3.63) is 35.6 Å².